The monoisotopic (exact) mass is 501 g/mol. The van der Waals surface area contributed by atoms with Gasteiger partial charge in [0.2, 0.25) is 0 Å². The highest BCUT2D eigenvalue weighted by molar-refractivity contribution is 6.10. The number of anilines is 1. The molecule has 7 heteroatoms. The maximum absolute atomic E-state index is 13.2. The Morgan fingerprint density at radius 1 is 0.919 bits per heavy atom. The van der Waals surface area contributed by atoms with Crippen LogP contribution in [0.15, 0.2) is 48.7 Å². The number of Topliss-reactive ketones (excluding diaryl/α,β-unsaturated/α-hetero) is 1. The number of amides is 1. The van der Waals surface area contributed by atoms with Gasteiger partial charge in [-0.1, -0.05) is 18.2 Å². The highest BCUT2D eigenvalue weighted by Crippen LogP contribution is 2.38. The first-order valence-corrected chi connectivity index (χ1v) is 13.2. The Bertz CT molecular complexity index is 1300. The van der Waals surface area contributed by atoms with Crippen molar-refractivity contribution in [3.63, 3.8) is 0 Å². The number of carbonyl (C=O) groups excluding carboxylic acids is 2. The summed E-state index contributed by atoms with van der Waals surface area (Å²) in [6.45, 7) is 5.58. The molecule has 0 atom stereocenters. The van der Waals surface area contributed by atoms with Gasteiger partial charge in [0.1, 0.15) is 11.4 Å². The molecule has 37 heavy (non-hydrogen) atoms. The summed E-state index contributed by atoms with van der Waals surface area (Å²) < 4.78 is 5.41. The molecule has 0 unspecified atom stereocenters. The molecule has 2 fully saturated rings. The van der Waals surface area contributed by atoms with Gasteiger partial charge in [-0.25, -0.2) is 4.79 Å². The van der Waals surface area contributed by atoms with Gasteiger partial charge in [-0.15, -0.1) is 0 Å². The number of fused-ring (bicyclic) bond motifs is 1. The number of ketones is 1. The maximum atomic E-state index is 13.2. The fourth-order valence-corrected chi connectivity index (χ4v) is 4.99. The van der Waals surface area contributed by atoms with Crippen molar-refractivity contribution in [2.75, 3.05) is 5.32 Å². The zero-order valence-electron chi connectivity index (χ0n) is 21.7. The van der Waals surface area contributed by atoms with Crippen LogP contribution < -0.4 is 10.6 Å². The average molecular weight is 502 g/mol. The molecule has 7 nitrogen and oxygen atoms in total. The van der Waals surface area contributed by atoms with Crippen molar-refractivity contribution >= 4 is 28.5 Å². The maximum Gasteiger partial charge on any atom is 0.407 e. The van der Waals surface area contributed by atoms with Crippen molar-refractivity contribution in [1.29, 1.82) is 0 Å². The number of aromatic nitrogens is 1. The molecule has 0 radical (unpaired) electrons. The molecular formula is C30H35N3O4. The minimum absolute atomic E-state index is 0.0794. The normalized spacial score (nSPS) is 19.9. The summed E-state index contributed by atoms with van der Waals surface area (Å²) in [5.41, 5.74) is 3.81. The van der Waals surface area contributed by atoms with E-state index in [0.29, 0.717) is 5.56 Å². The first kappa shape index (κ1) is 25.1. The van der Waals surface area contributed by atoms with E-state index in [1.165, 1.54) is 0 Å². The van der Waals surface area contributed by atoms with Gasteiger partial charge in [0.25, 0.3) is 0 Å². The van der Waals surface area contributed by atoms with Crippen LogP contribution in [-0.4, -0.2) is 39.7 Å². The predicted molar refractivity (Wildman–Crippen MR) is 145 cm³/mol. The molecule has 0 saturated heterocycles. The van der Waals surface area contributed by atoms with Crippen LogP contribution in [0.1, 0.15) is 69.7 Å². The minimum Gasteiger partial charge on any atom is -0.508 e. The molecule has 3 aromatic rings. The summed E-state index contributed by atoms with van der Waals surface area (Å²) >= 11 is 0. The largest absolute Gasteiger partial charge is 0.508 e. The standard InChI is InChI=1S/C30H35N3O4/c1-30(2,3)37-29(36)33-22-11-9-21(10-12-22)32-27-24-16-20(18-6-13-23(34)14-7-18)8-15-26(24)31-17-25(27)28(35)19-4-5-19/h6-8,13-17,19,21-22,34H,4-5,9-12H2,1-3H3,(H,31,32)(H,33,36). The Kier molecular flexibility index (Phi) is 6.80. The smallest absolute Gasteiger partial charge is 0.407 e. The Morgan fingerprint density at radius 3 is 2.22 bits per heavy atom. The number of nitrogens with one attached hydrogen (secondary N) is 2. The number of ether oxygens (including phenoxy) is 1. The lowest BCUT2D eigenvalue weighted by Gasteiger charge is -2.31. The molecule has 2 saturated carbocycles. The van der Waals surface area contributed by atoms with Crippen LogP contribution in [0, 0.1) is 5.92 Å². The van der Waals surface area contributed by atoms with Crippen molar-refractivity contribution in [2.45, 2.75) is 77.0 Å². The van der Waals surface area contributed by atoms with E-state index in [-0.39, 0.29) is 35.6 Å². The molecule has 1 amide bonds. The summed E-state index contributed by atoms with van der Waals surface area (Å²) in [5, 5.41) is 17.3. The fraction of sp³-hybridized carbons (Fsp3) is 0.433. The van der Waals surface area contributed by atoms with E-state index in [4.69, 9.17) is 4.74 Å². The summed E-state index contributed by atoms with van der Waals surface area (Å²) in [6, 6.07) is 13.5. The molecule has 1 heterocycles. The lowest BCUT2D eigenvalue weighted by molar-refractivity contribution is 0.0492. The van der Waals surface area contributed by atoms with Gasteiger partial charge in [0, 0.05) is 29.6 Å². The number of pyridine rings is 1. The second kappa shape index (κ2) is 10.0. The van der Waals surface area contributed by atoms with Gasteiger partial charge in [-0.05, 0) is 94.7 Å². The highest BCUT2D eigenvalue weighted by Gasteiger charge is 2.33. The lowest BCUT2D eigenvalue weighted by atomic mass is 9.90. The highest BCUT2D eigenvalue weighted by atomic mass is 16.6. The summed E-state index contributed by atoms with van der Waals surface area (Å²) in [7, 11) is 0. The van der Waals surface area contributed by atoms with E-state index < -0.39 is 5.60 Å². The Morgan fingerprint density at radius 2 is 1.57 bits per heavy atom. The van der Waals surface area contributed by atoms with Crippen LogP contribution in [0.3, 0.4) is 0 Å². The van der Waals surface area contributed by atoms with Crippen LogP contribution in [0.4, 0.5) is 10.5 Å². The van der Waals surface area contributed by atoms with E-state index >= 15 is 0 Å². The Hall–Kier alpha value is -3.61. The molecule has 5 rings (SSSR count). The van der Waals surface area contributed by atoms with Crippen molar-refractivity contribution in [1.82, 2.24) is 10.3 Å². The summed E-state index contributed by atoms with van der Waals surface area (Å²) in [4.78, 5) is 30.0. The van der Waals surface area contributed by atoms with Gasteiger partial charge in [0.15, 0.2) is 5.78 Å². The van der Waals surface area contributed by atoms with Crippen LogP contribution in [-0.2, 0) is 4.74 Å². The third kappa shape index (κ3) is 6.04. The molecule has 0 bridgehead atoms. The zero-order chi connectivity index (χ0) is 26.2. The lowest BCUT2D eigenvalue weighted by Crippen LogP contribution is -2.42. The summed E-state index contributed by atoms with van der Waals surface area (Å²) in [5.74, 6) is 0.476. The van der Waals surface area contributed by atoms with Gasteiger partial charge in [0.05, 0.1) is 16.8 Å². The van der Waals surface area contributed by atoms with Crippen molar-refractivity contribution < 1.29 is 19.4 Å². The van der Waals surface area contributed by atoms with Crippen LogP contribution in [0.25, 0.3) is 22.0 Å². The van der Waals surface area contributed by atoms with Gasteiger partial charge in [-0.2, -0.15) is 0 Å². The minimum atomic E-state index is -0.519. The number of carbonyl (C=O) groups is 2. The first-order chi connectivity index (χ1) is 17.7. The van der Waals surface area contributed by atoms with Crippen molar-refractivity contribution in [3.8, 4) is 16.9 Å². The number of phenols is 1. The van der Waals surface area contributed by atoms with Crippen molar-refractivity contribution in [3.05, 3.63) is 54.2 Å². The molecule has 0 spiro atoms. The molecular weight excluding hydrogens is 466 g/mol. The van der Waals surface area contributed by atoms with E-state index in [0.717, 1.165) is 66.2 Å². The number of benzene rings is 2. The Labute approximate surface area is 217 Å². The quantitative estimate of drug-likeness (QED) is 0.336. The molecule has 2 aliphatic rings. The molecule has 1 aromatic heterocycles. The number of nitrogens with zero attached hydrogens (tertiary/aromatic N) is 1. The predicted octanol–water partition coefficient (Wildman–Crippen LogP) is 6.45. The second-order valence-corrected chi connectivity index (χ2v) is 11.3. The second-order valence-electron chi connectivity index (χ2n) is 11.3. The van der Waals surface area contributed by atoms with E-state index in [1.54, 1.807) is 18.3 Å². The van der Waals surface area contributed by atoms with Crippen LogP contribution >= 0.6 is 0 Å². The molecule has 2 aliphatic carbocycles. The van der Waals surface area contributed by atoms with Crippen LogP contribution in [0.5, 0.6) is 5.75 Å². The third-order valence-electron chi connectivity index (χ3n) is 7.08. The van der Waals surface area contributed by atoms with Crippen LogP contribution in [0.2, 0.25) is 0 Å². The summed E-state index contributed by atoms with van der Waals surface area (Å²) in [6.07, 6.45) is 6.65. The molecule has 194 valence electrons. The first-order valence-electron chi connectivity index (χ1n) is 13.2. The average Bonchev–Trinajstić information content (AvgIpc) is 3.70. The SMILES string of the molecule is CC(C)(C)OC(=O)NC1CCC(Nc2c(C(=O)C3CC3)cnc3ccc(-c4ccc(O)cc4)cc23)CC1. The number of rotatable bonds is 6. The Balaban J connectivity index is 1.39. The van der Waals surface area contributed by atoms with E-state index in [9.17, 15) is 14.7 Å². The molecule has 2 aromatic carbocycles. The number of hydrogen-bond acceptors (Lipinski definition) is 6. The molecule has 3 N–H and O–H groups in total. The van der Waals surface area contributed by atoms with Gasteiger partial charge >= 0.3 is 6.09 Å². The van der Waals surface area contributed by atoms with E-state index in [2.05, 4.69) is 21.7 Å². The molecule has 0 aliphatic heterocycles. The third-order valence-corrected chi connectivity index (χ3v) is 7.08. The zero-order valence-corrected chi connectivity index (χ0v) is 21.7. The van der Waals surface area contributed by atoms with E-state index in [1.807, 2.05) is 45.0 Å². The topological polar surface area (TPSA) is 101 Å². The van der Waals surface area contributed by atoms with Crippen molar-refractivity contribution in [2.24, 2.45) is 5.92 Å². The van der Waals surface area contributed by atoms with Gasteiger partial charge < -0.3 is 20.5 Å². The number of aromatic hydroxyl groups is 1. The number of hydrogen-bond donors (Lipinski definition) is 3. The fourth-order valence-electron chi connectivity index (χ4n) is 4.99. The number of phenolic OH excluding ortho intramolecular Hbond substituents is 1. The number of alkyl carbamates (subject to hydrolysis) is 1. The van der Waals surface area contributed by atoms with Gasteiger partial charge in [-0.3, -0.25) is 9.78 Å².